The molecular formula is C62H88N6O12S. The van der Waals surface area contributed by atoms with Crippen LogP contribution in [0.3, 0.4) is 0 Å². The van der Waals surface area contributed by atoms with Crippen LogP contribution >= 0.6 is 11.8 Å². The molecular weight excluding hydrogens is 1050 g/mol. The van der Waals surface area contributed by atoms with Crippen molar-refractivity contribution in [2.45, 2.75) is 174 Å². The lowest BCUT2D eigenvalue weighted by Crippen LogP contribution is -2.63. The number of nitrogens with zero attached hydrogens (tertiary/aromatic N) is 4. The summed E-state index contributed by atoms with van der Waals surface area (Å²) in [7, 11) is 5.06. The molecule has 19 heteroatoms. The standard InChI is InChI=1S/C62H88N6O12S/c1-14-60(5,6)54(71)57(74)67-28-16-15-20-44(67)59(77)80-46(23-21-39-22-24-47(78-12)48(30-39)79-13)40-18-17-19-41(31-40)62(9,10)27-26-61(7,8)38(4)63-33-49(70)64-42-25-29-66(34-42)55(72)45-32-43(35-65(45)11)81-53-36(2)51-50(37(3)69)56(73)68(51)52(53)58(75)76/h17-19,22,24,30-31,36-37,42-46,50-51,63,69H,4,14-16,20-21,23,25-29,32-35H2,1-3,5-13H3,(H,64,70)(H,75,76)/t36-,37-,42+,43+,44+,45+,46-,50-,51-/m1/s1. The van der Waals surface area contributed by atoms with Crippen LogP contribution in [0.2, 0.25) is 0 Å². The number of esters is 1. The van der Waals surface area contributed by atoms with E-state index in [1.54, 1.807) is 39.9 Å². The SMILES string of the molecule is C=C(NCC(=O)N[C@H]1CCN(C(=O)[C@@H]2C[C@H](SC3=C(C(=O)O)N4C(=O)[C@H]([C@@H](C)O)[C@H]4[C@H]3C)CN2C)C1)C(C)(C)CCC(C)(C)c1cccc([C@@H](CCc2ccc(OC)c(OC)c2)OC(=O)[C@@H]2CCCCN2C(=O)C(=O)C(C)(C)CC)c1. The number of nitrogens with one attached hydrogen (secondary N) is 2. The number of amides is 4. The van der Waals surface area contributed by atoms with Crippen LogP contribution in [0.1, 0.15) is 143 Å². The fourth-order valence-corrected chi connectivity index (χ4v) is 13.7. The van der Waals surface area contributed by atoms with Gasteiger partial charge < -0.3 is 49.8 Å². The van der Waals surface area contributed by atoms with Gasteiger partial charge in [-0.05, 0) is 112 Å². The Hall–Kier alpha value is -5.92. The zero-order chi connectivity index (χ0) is 59.5. The van der Waals surface area contributed by atoms with E-state index >= 15 is 0 Å². The molecule has 4 fully saturated rings. The minimum Gasteiger partial charge on any atom is -0.493 e. The fourth-order valence-electron chi connectivity index (χ4n) is 12.1. The average Bonchev–Trinajstić information content (AvgIpc) is 4.36. The number of carboxylic acid groups (broad SMARTS) is 1. The van der Waals surface area contributed by atoms with Crippen molar-refractivity contribution in [3.8, 4) is 11.5 Å². The molecule has 4 N–H and O–H groups in total. The number of benzene rings is 2. The van der Waals surface area contributed by atoms with Crippen molar-refractivity contribution in [2.24, 2.45) is 22.7 Å². The first-order valence-electron chi connectivity index (χ1n) is 28.9. The van der Waals surface area contributed by atoms with Crippen LogP contribution in [0.25, 0.3) is 0 Å². The molecule has 2 aromatic rings. The zero-order valence-corrected chi connectivity index (χ0v) is 50.5. The topological polar surface area (TPSA) is 225 Å². The lowest BCUT2D eigenvalue weighted by Gasteiger charge is -2.46. The number of carboxylic acids is 1. The van der Waals surface area contributed by atoms with E-state index in [9.17, 15) is 43.8 Å². The van der Waals surface area contributed by atoms with Crippen LogP contribution in [-0.2, 0) is 50.1 Å². The van der Waals surface area contributed by atoms with E-state index in [1.807, 2.05) is 56.1 Å². The van der Waals surface area contributed by atoms with Gasteiger partial charge in [0.2, 0.25) is 23.5 Å². The summed E-state index contributed by atoms with van der Waals surface area (Å²) in [4.78, 5) is 101. The molecule has 0 bridgehead atoms. The van der Waals surface area contributed by atoms with Crippen LogP contribution < -0.4 is 20.1 Å². The second-order valence-electron chi connectivity index (χ2n) is 25.0. The van der Waals surface area contributed by atoms with Crippen LogP contribution in [0.15, 0.2) is 65.3 Å². The van der Waals surface area contributed by atoms with Gasteiger partial charge in [-0.3, -0.25) is 28.9 Å². The molecule has 0 aliphatic carbocycles. The smallest absolute Gasteiger partial charge is 0.353 e. The molecule has 9 atom stereocenters. The van der Waals surface area contributed by atoms with Crippen molar-refractivity contribution in [3.05, 3.63) is 82.0 Å². The molecule has 0 saturated carbocycles. The lowest BCUT2D eigenvalue weighted by molar-refractivity contribution is -0.164. The van der Waals surface area contributed by atoms with Crippen molar-refractivity contribution >= 4 is 53.1 Å². The van der Waals surface area contributed by atoms with E-state index in [2.05, 4.69) is 57.0 Å². The van der Waals surface area contributed by atoms with Gasteiger partial charge in [0.15, 0.2) is 11.5 Å². The number of piperidine rings is 1. The van der Waals surface area contributed by atoms with Crippen molar-refractivity contribution in [1.82, 2.24) is 30.2 Å². The number of hydrogen-bond acceptors (Lipinski definition) is 14. The summed E-state index contributed by atoms with van der Waals surface area (Å²) in [6, 6.07) is 11.9. The maximum atomic E-state index is 14.3. The Morgan fingerprint density at radius 3 is 2.28 bits per heavy atom. The van der Waals surface area contributed by atoms with Crippen molar-refractivity contribution in [3.63, 3.8) is 0 Å². The number of β-lactam (4-membered cyclic amide) rings is 1. The minimum atomic E-state index is -1.17. The molecule has 0 aromatic heterocycles. The lowest BCUT2D eigenvalue weighted by atomic mass is 9.74. The molecule has 5 heterocycles. The number of methoxy groups -OCH3 is 2. The van der Waals surface area contributed by atoms with Gasteiger partial charge in [-0.25, -0.2) is 9.59 Å². The van der Waals surface area contributed by atoms with Gasteiger partial charge in [0.1, 0.15) is 17.8 Å². The number of likely N-dealkylation sites (tertiary alicyclic amines) is 3. The number of thioether (sulfide) groups is 1. The number of carbonyl (C=O) groups is 7. The largest absolute Gasteiger partial charge is 0.493 e. The molecule has 0 radical (unpaired) electrons. The quantitative estimate of drug-likeness (QED) is 0.0439. The number of likely N-dealkylation sites (N-methyl/N-ethyl adjacent to an activating group) is 1. The van der Waals surface area contributed by atoms with Gasteiger partial charge >= 0.3 is 11.9 Å². The highest BCUT2D eigenvalue weighted by atomic mass is 32.2. The molecule has 2 aromatic carbocycles. The monoisotopic (exact) mass is 1140 g/mol. The number of ether oxygens (including phenoxy) is 3. The van der Waals surface area contributed by atoms with E-state index in [1.165, 1.54) is 21.6 Å². The maximum absolute atomic E-state index is 14.3. The Balaban J connectivity index is 0.927. The Labute approximate surface area is 483 Å². The first-order chi connectivity index (χ1) is 38.1. The zero-order valence-electron chi connectivity index (χ0n) is 49.7. The molecule has 7 rings (SSSR count). The van der Waals surface area contributed by atoms with E-state index in [0.717, 1.165) is 41.6 Å². The molecule has 5 aliphatic rings. The number of aryl methyl sites for hydroxylation is 1. The highest BCUT2D eigenvalue weighted by molar-refractivity contribution is 8.03. The normalized spacial score (nSPS) is 24.0. The predicted octanol–water partition coefficient (Wildman–Crippen LogP) is 7.17. The van der Waals surface area contributed by atoms with Crippen molar-refractivity contribution in [1.29, 1.82) is 0 Å². The Bertz CT molecular complexity index is 2760. The van der Waals surface area contributed by atoms with E-state index < -0.39 is 70.7 Å². The number of aliphatic hydroxyl groups excluding tert-OH is 1. The van der Waals surface area contributed by atoms with Gasteiger partial charge in [-0.15, -0.1) is 11.8 Å². The number of allylic oxidation sites excluding steroid dienone is 1. The maximum Gasteiger partial charge on any atom is 0.353 e. The third kappa shape index (κ3) is 13.8. The molecule has 0 unspecified atom stereocenters. The van der Waals surface area contributed by atoms with Gasteiger partial charge in [0.05, 0.1) is 44.9 Å². The Morgan fingerprint density at radius 1 is 0.901 bits per heavy atom. The summed E-state index contributed by atoms with van der Waals surface area (Å²) >= 11 is 1.43. The number of aliphatic carboxylic acids is 1. The van der Waals surface area contributed by atoms with Crippen LogP contribution in [-0.4, -0.2) is 161 Å². The molecule has 4 saturated heterocycles. The number of Topliss-reactive ketones (excluding diaryl/α,β-unsaturated/α-hetero) is 1. The summed E-state index contributed by atoms with van der Waals surface area (Å²) in [5.74, 6) is -3.14. The number of hydrogen-bond donors (Lipinski definition) is 4. The van der Waals surface area contributed by atoms with Crippen LogP contribution in [0.5, 0.6) is 11.5 Å². The van der Waals surface area contributed by atoms with Gasteiger partial charge in [0.25, 0.3) is 5.91 Å². The predicted molar refractivity (Wildman–Crippen MR) is 310 cm³/mol. The van der Waals surface area contributed by atoms with Crippen molar-refractivity contribution in [2.75, 3.05) is 54.0 Å². The third-order valence-electron chi connectivity index (χ3n) is 18.1. The number of rotatable bonds is 25. The average molecular weight is 1140 g/mol. The summed E-state index contributed by atoms with van der Waals surface area (Å²) in [6.07, 6.45) is 4.33. The number of ketones is 1. The van der Waals surface area contributed by atoms with Crippen LogP contribution in [0, 0.1) is 22.7 Å². The number of aliphatic hydroxyl groups is 1. The molecule has 444 valence electrons. The molecule has 81 heavy (non-hydrogen) atoms. The first-order valence-corrected chi connectivity index (χ1v) is 29.8. The van der Waals surface area contributed by atoms with Gasteiger partial charge in [0, 0.05) is 64.8 Å². The summed E-state index contributed by atoms with van der Waals surface area (Å²) in [5.41, 5.74) is 1.91. The highest BCUT2D eigenvalue weighted by Crippen LogP contribution is 2.52. The van der Waals surface area contributed by atoms with E-state index in [4.69, 9.17) is 14.2 Å². The van der Waals surface area contributed by atoms with Crippen LogP contribution in [0.4, 0.5) is 0 Å². The Morgan fingerprint density at radius 2 is 1.62 bits per heavy atom. The highest BCUT2D eigenvalue weighted by Gasteiger charge is 2.60. The Kier molecular flexibility index (Phi) is 19.9. The van der Waals surface area contributed by atoms with E-state index in [0.29, 0.717) is 87.5 Å². The molecule has 4 amide bonds. The summed E-state index contributed by atoms with van der Waals surface area (Å²) in [6.45, 7) is 23.5. The van der Waals surface area contributed by atoms with Gasteiger partial charge in [-0.1, -0.05) is 92.3 Å². The summed E-state index contributed by atoms with van der Waals surface area (Å²) in [5, 5.41) is 26.7. The molecule has 18 nitrogen and oxygen atoms in total. The van der Waals surface area contributed by atoms with E-state index in [-0.39, 0.29) is 52.6 Å². The second kappa shape index (κ2) is 25.7. The molecule has 0 spiro atoms. The third-order valence-corrected chi connectivity index (χ3v) is 19.6. The number of fused-ring (bicyclic) bond motifs is 1. The molecule has 5 aliphatic heterocycles. The second-order valence-corrected chi connectivity index (χ2v) is 26.3. The van der Waals surface area contributed by atoms with Crippen molar-refractivity contribution < 1.29 is 58.0 Å². The minimum absolute atomic E-state index is 0.0140. The van der Waals surface area contributed by atoms with Gasteiger partial charge in [-0.2, -0.15) is 0 Å². The number of carbonyl (C=O) groups excluding carboxylic acids is 6. The summed E-state index contributed by atoms with van der Waals surface area (Å²) < 4.78 is 17.5. The first kappa shape index (κ1) is 62.7. The fraction of sp³-hybridized carbons (Fsp3) is 0.629.